The first kappa shape index (κ1) is 14.3. The summed E-state index contributed by atoms with van der Waals surface area (Å²) in [7, 11) is 1.86. The average molecular weight is 267 g/mol. The Balaban J connectivity index is 2.32. The van der Waals surface area contributed by atoms with E-state index in [2.05, 4.69) is 0 Å². The second-order valence-corrected chi connectivity index (χ2v) is 5.38. The van der Waals surface area contributed by atoms with Crippen LogP contribution in [0.25, 0.3) is 0 Å². The molecule has 1 aliphatic carbocycles. The van der Waals surface area contributed by atoms with Crippen LogP contribution < -0.4 is 4.90 Å². The Labute approximate surface area is 113 Å². The van der Waals surface area contributed by atoms with E-state index in [-0.39, 0.29) is 12.1 Å². The quantitative estimate of drug-likeness (QED) is 0.884. The number of rotatable bonds is 3. The Morgan fingerprint density at radius 1 is 1.32 bits per heavy atom. The molecule has 2 rings (SSSR count). The first-order valence-electron chi connectivity index (χ1n) is 6.89. The molecule has 1 aromatic carbocycles. The number of anilines is 1. The van der Waals surface area contributed by atoms with Gasteiger partial charge in [-0.3, -0.25) is 0 Å². The van der Waals surface area contributed by atoms with Gasteiger partial charge in [-0.05, 0) is 31.9 Å². The van der Waals surface area contributed by atoms with Crippen LogP contribution in [-0.4, -0.2) is 29.4 Å². The lowest BCUT2D eigenvalue weighted by Crippen LogP contribution is -2.44. The van der Waals surface area contributed by atoms with Crippen LogP contribution in [0.2, 0.25) is 0 Å². The molecule has 3 atom stereocenters. The highest BCUT2D eigenvalue weighted by Gasteiger charge is 2.29. The predicted molar refractivity (Wildman–Crippen MR) is 73.7 cm³/mol. The van der Waals surface area contributed by atoms with Crippen LogP contribution in [0.1, 0.15) is 44.3 Å². The summed E-state index contributed by atoms with van der Waals surface area (Å²) in [5.41, 5.74) is 0.976. The normalized spacial score (nSPS) is 25.1. The highest BCUT2D eigenvalue weighted by atomic mass is 19.1. The number of aliphatic hydroxyl groups is 2. The van der Waals surface area contributed by atoms with Crippen LogP contribution in [0, 0.1) is 5.82 Å². The van der Waals surface area contributed by atoms with Crippen LogP contribution in [-0.2, 0) is 0 Å². The topological polar surface area (TPSA) is 43.7 Å². The van der Waals surface area contributed by atoms with E-state index < -0.39 is 11.9 Å². The minimum Gasteiger partial charge on any atom is -0.391 e. The van der Waals surface area contributed by atoms with Gasteiger partial charge in [0.1, 0.15) is 5.82 Å². The molecule has 3 unspecified atom stereocenters. The maximum Gasteiger partial charge on any atom is 0.131 e. The molecule has 106 valence electrons. The largest absolute Gasteiger partial charge is 0.391 e. The molecular weight excluding hydrogens is 245 g/mol. The van der Waals surface area contributed by atoms with Crippen molar-refractivity contribution in [1.29, 1.82) is 0 Å². The second-order valence-electron chi connectivity index (χ2n) is 5.38. The zero-order valence-corrected chi connectivity index (χ0v) is 11.5. The first-order chi connectivity index (χ1) is 9.02. The van der Waals surface area contributed by atoms with Crippen molar-refractivity contribution < 1.29 is 14.6 Å². The standard InChI is InChI=1S/C15H22FNO2/c1-10(18)15-11(16)6-5-8-13(15)17(2)12-7-3-4-9-14(12)19/h5-6,8,10,12,14,18-19H,3-4,7,9H2,1-2H3. The Morgan fingerprint density at radius 2 is 2.00 bits per heavy atom. The van der Waals surface area contributed by atoms with Gasteiger partial charge < -0.3 is 15.1 Å². The summed E-state index contributed by atoms with van der Waals surface area (Å²) in [6.45, 7) is 1.56. The van der Waals surface area contributed by atoms with Crippen LogP contribution in [0.15, 0.2) is 18.2 Å². The molecule has 4 heteroatoms. The third-order valence-electron chi connectivity index (χ3n) is 4.02. The maximum atomic E-state index is 13.9. The van der Waals surface area contributed by atoms with Gasteiger partial charge in [0.15, 0.2) is 0 Å². The predicted octanol–water partition coefficient (Wildman–Crippen LogP) is 2.62. The molecule has 0 aliphatic heterocycles. The fourth-order valence-corrected chi connectivity index (χ4v) is 2.97. The van der Waals surface area contributed by atoms with Gasteiger partial charge in [-0.2, -0.15) is 0 Å². The number of nitrogens with zero attached hydrogens (tertiary/aromatic N) is 1. The zero-order valence-electron chi connectivity index (χ0n) is 11.5. The summed E-state index contributed by atoms with van der Waals surface area (Å²) in [4.78, 5) is 1.91. The molecular formula is C15H22FNO2. The van der Waals surface area contributed by atoms with Gasteiger partial charge in [0.05, 0.1) is 18.2 Å². The van der Waals surface area contributed by atoms with E-state index >= 15 is 0 Å². The third kappa shape index (κ3) is 2.90. The van der Waals surface area contributed by atoms with Gasteiger partial charge in [0.2, 0.25) is 0 Å². The van der Waals surface area contributed by atoms with Crippen LogP contribution in [0.3, 0.4) is 0 Å². The summed E-state index contributed by atoms with van der Waals surface area (Å²) < 4.78 is 13.9. The maximum absolute atomic E-state index is 13.9. The van der Waals surface area contributed by atoms with E-state index in [9.17, 15) is 14.6 Å². The van der Waals surface area contributed by atoms with Gasteiger partial charge in [0.25, 0.3) is 0 Å². The second kappa shape index (κ2) is 5.88. The lowest BCUT2D eigenvalue weighted by atomic mass is 9.90. The molecule has 1 aromatic rings. The number of halogens is 1. The van der Waals surface area contributed by atoms with Crippen molar-refractivity contribution in [2.75, 3.05) is 11.9 Å². The van der Waals surface area contributed by atoms with Gasteiger partial charge >= 0.3 is 0 Å². The lowest BCUT2D eigenvalue weighted by molar-refractivity contribution is 0.106. The smallest absolute Gasteiger partial charge is 0.131 e. The highest BCUT2D eigenvalue weighted by Crippen LogP contribution is 2.32. The molecule has 19 heavy (non-hydrogen) atoms. The number of aliphatic hydroxyl groups excluding tert-OH is 2. The molecule has 0 saturated heterocycles. The summed E-state index contributed by atoms with van der Waals surface area (Å²) in [5.74, 6) is -0.398. The number of hydrogen-bond donors (Lipinski definition) is 2. The van der Waals surface area contributed by atoms with Crippen LogP contribution in [0.4, 0.5) is 10.1 Å². The molecule has 1 fully saturated rings. The summed E-state index contributed by atoms with van der Waals surface area (Å²) in [6.07, 6.45) is 2.55. The van der Waals surface area contributed by atoms with Gasteiger partial charge in [-0.15, -0.1) is 0 Å². The van der Waals surface area contributed by atoms with E-state index in [1.165, 1.54) is 6.07 Å². The lowest BCUT2D eigenvalue weighted by Gasteiger charge is -2.37. The van der Waals surface area contributed by atoms with Crippen molar-refractivity contribution in [1.82, 2.24) is 0 Å². The number of benzene rings is 1. The summed E-state index contributed by atoms with van der Waals surface area (Å²) in [6, 6.07) is 4.79. The Bertz CT molecular complexity index is 436. The van der Waals surface area contributed by atoms with Crippen molar-refractivity contribution in [3.63, 3.8) is 0 Å². The van der Waals surface area contributed by atoms with Gasteiger partial charge in [-0.25, -0.2) is 4.39 Å². The highest BCUT2D eigenvalue weighted by molar-refractivity contribution is 5.55. The van der Waals surface area contributed by atoms with E-state index in [0.717, 1.165) is 25.7 Å². The SMILES string of the molecule is CC(O)c1c(F)cccc1N(C)C1CCCCC1O. The van der Waals surface area contributed by atoms with E-state index in [0.29, 0.717) is 11.3 Å². The molecule has 1 aliphatic rings. The van der Waals surface area contributed by atoms with Crippen molar-refractivity contribution >= 4 is 5.69 Å². The van der Waals surface area contributed by atoms with Crippen molar-refractivity contribution in [3.05, 3.63) is 29.6 Å². The number of hydrogen-bond acceptors (Lipinski definition) is 3. The third-order valence-corrected chi connectivity index (χ3v) is 4.02. The summed E-state index contributed by atoms with van der Waals surface area (Å²) in [5, 5.41) is 19.9. The minimum atomic E-state index is -0.862. The molecule has 0 bridgehead atoms. The molecule has 3 nitrogen and oxygen atoms in total. The molecule has 0 aromatic heterocycles. The van der Waals surface area contributed by atoms with Crippen molar-refractivity contribution in [3.8, 4) is 0 Å². The fraction of sp³-hybridized carbons (Fsp3) is 0.600. The fourth-order valence-electron chi connectivity index (χ4n) is 2.97. The van der Waals surface area contributed by atoms with Gasteiger partial charge in [0, 0.05) is 18.3 Å². The van der Waals surface area contributed by atoms with Crippen molar-refractivity contribution in [2.45, 2.75) is 50.9 Å². The molecule has 0 radical (unpaired) electrons. The first-order valence-corrected chi connectivity index (χ1v) is 6.89. The Kier molecular flexibility index (Phi) is 4.42. The van der Waals surface area contributed by atoms with Gasteiger partial charge in [-0.1, -0.05) is 18.9 Å². The Hall–Kier alpha value is -1.13. The van der Waals surface area contributed by atoms with Crippen molar-refractivity contribution in [2.24, 2.45) is 0 Å². The molecule has 0 heterocycles. The van der Waals surface area contributed by atoms with Crippen LogP contribution in [0.5, 0.6) is 0 Å². The number of likely N-dealkylation sites (N-methyl/N-ethyl adjacent to an activating group) is 1. The van der Waals surface area contributed by atoms with E-state index in [4.69, 9.17) is 0 Å². The minimum absolute atomic E-state index is 0.00644. The molecule has 0 amide bonds. The van der Waals surface area contributed by atoms with E-state index in [1.54, 1.807) is 19.1 Å². The monoisotopic (exact) mass is 267 g/mol. The Morgan fingerprint density at radius 3 is 2.63 bits per heavy atom. The molecule has 0 spiro atoms. The molecule has 1 saturated carbocycles. The van der Waals surface area contributed by atoms with Crippen LogP contribution >= 0.6 is 0 Å². The average Bonchev–Trinajstić information content (AvgIpc) is 2.37. The van der Waals surface area contributed by atoms with E-state index in [1.807, 2.05) is 11.9 Å². The molecule has 2 N–H and O–H groups in total. The zero-order chi connectivity index (χ0) is 14.0. The summed E-state index contributed by atoms with van der Waals surface area (Å²) >= 11 is 0.